The lowest BCUT2D eigenvalue weighted by atomic mass is 9.73. The summed E-state index contributed by atoms with van der Waals surface area (Å²) in [6.07, 6.45) is 8.46. The molecule has 2 N–H and O–H groups in total. The fourth-order valence-electron chi connectivity index (χ4n) is 4.57. The van der Waals surface area contributed by atoms with Gasteiger partial charge in [0.25, 0.3) is 0 Å². The summed E-state index contributed by atoms with van der Waals surface area (Å²) >= 11 is 1.89. The standard InChI is InChI=1S/C22H36N4OS/c1-17(2)20(27)26-13-9-18(10-14-26)25-21(23-3)24-16-22(11-5-4-6-12-22)19-8-7-15-28-19/h7-8,15,17-18H,4-6,9-14,16H2,1-3H3,(H2,23,24,25). The number of hydrogen-bond donors (Lipinski definition) is 2. The first-order valence-electron chi connectivity index (χ1n) is 10.8. The van der Waals surface area contributed by atoms with Crippen LogP contribution in [0.5, 0.6) is 0 Å². The molecule has 0 radical (unpaired) electrons. The number of likely N-dealkylation sites (tertiary alicyclic amines) is 1. The number of nitrogens with one attached hydrogen (secondary N) is 2. The fourth-order valence-corrected chi connectivity index (χ4v) is 5.56. The first-order chi connectivity index (χ1) is 13.5. The lowest BCUT2D eigenvalue weighted by Crippen LogP contribution is -2.52. The first-order valence-corrected chi connectivity index (χ1v) is 11.7. The Labute approximate surface area is 174 Å². The fraction of sp³-hybridized carbons (Fsp3) is 0.727. The molecule has 1 aliphatic heterocycles. The van der Waals surface area contributed by atoms with Crippen molar-refractivity contribution in [3.05, 3.63) is 22.4 Å². The maximum absolute atomic E-state index is 12.2. The smallest absolute Gasteiger partial charge is 0.225 e. The highest BCUT2D eigenvalue weighted by Crippen LogP contribution is 2.41. The minimum Gasteiger partial charge on any atom is -0.355 e. The van der Waals surface area contributed by atoms with Crippen LogP contribution in [-0.4, -0.2) is 49.5 Å². The normalized spacial score (nSPS) is 21.0. The van der Waals surface area contributed by atoms with E-state index in [1.165, 1.54) is 37.0 Å². The summed E-state index contributed by atoms with van der Waals surface area (Å²) in [5.41, 5.74) is 0.247. The summed E-state index contributed by atoms with van der Waals surface area (Å²) in [4.78, 5) is 20.2. The topological polar surface area (TPSA) is 56.7 Å². The summed E-state index contributed by atoms with van der Waals surface area (Å²) in [5.74, 6) is 1.26. The molecular weight excluding hydrogens is 368 g/mol. The largest absolute Gasteiger partial charge is 0.355 e. The average Bonchev–Trinajstić information content (AvgIpc) is 3.27. The molecule has 1 aromatic rings. The second-order valence-corrected chi connectivity index (χ2v) is 9.59. The zero-order valence-corrected chi connectivity index (χ0v) is 18.5. The Morgan fingerprint density at radius 3 is 2.57 bits per heavy atom. The van der Waals surface area contributed by atoms with Gasteiger partial charge in [0.05, 0.1) is 0 Å². The van der Waals surface area contributed by atoms with E-state index >= 15 is 0 Å². The van der Waals surface area contributed by atoms with Gasteiger partial charge >= 0.3 is 0 Å². The molecule has 0 aromatic carbocycles. The molecule has 1 saturated carbocycles. The summed E-state index contributed by atoms with van der Waals surface area (Å²) in [6.45, 7) is 6.58. The first kappa shape index (κ1) is 21.2. The van der Waals surface area contributed by atoms with Gasteiger partial charge < -0.3 is 15.5 Å². The summed E-state index contributed by atoms with van der Waals surface area (Å²) in [5, 5.41) is 9.43. The van der Waals surface area contributed by atoms with Crippen LogP contribution in [0.4, 0.5) is 0 Å². The quantitative estimate of drug-likeness (QED) is 0.580. The molecule has 3 rings (SSSR count). The van der Waals surface area contributed by atoms with Crippen molar-refractivity contribution < 1.29 is 4.79 Å². The molecule has 1 aliphatic carbocycles. The summed E-state index contributed by atoms with van der Waals surface area (Å²) < 4.78 is 0. The van der Waals surface area contributed by atoms with Crippen LogP contribution in [-0.2, 0) is 10.2 Å². The second-order valence-electron chi connectivity index (χ2n) is 8.64. The third-order valence-corrected chi connectivity index (χ3v) is 7.43. The van der Waals surface area contributed by atoms with Crippen molar-refractivity contribution in [1.29, 1.82) is 0 Å². The van der Waals surface area contributed by atoms with Crippen LogP contribution in [0.1, 0.15) is 63.7 Å². The Morgan fingerprint density at radius 1 is 1.29 bits per heavy atom. The molecule has 1 amide bonds. The molecule has 5 nitrogen and oxygen atoms in total. The minimum absolute atomic E-state index is 0.0860. The lowest BCUT2D eigenvalue weighted by Gasteiger charge is -2.38. The minimum atomic E-state index is 0.0860. The molecule has 0 unspecified atom stereocenters. The number of carbonyl (C=O) groups is 1. The van der Waals surface area contributed by atoms with E-state index in [2.05, 4.69) is 33.1 Å². The molecule has 0 bridgehead atoms. The Morgan fingerprint density at radius 2 is 2.00 bits per heavy atom. The van der Waals surface area contributed by atoms with Gasteiger partial charge in [0.2, 0.25) is 5.91 Å². The predicted octanol–water partition coefficient (Wildman–Crippen LogP) is 3.76. The zero-order chi connectivity index (χ0) is 20.0. The highest BCUT2D eigenvalue weighted by Gasteiger charge is 2.35. The van der Waals surface area contributed by atoms with Crippen LogP contribution in [0, 0.1) is 5.92 Å². The van der Waals surface area contributed by atoms with Gasteiger partial charge in [-0.05, 0) is 37.1 Å². The molecule has 0 atom stereocenters. The van der Waals surface area contributed by atoms with E-state index in [1.807, 2.05) is 37.1 Å². The maximum Gasteiger partial charge on any atom is 0.225 e. The molecule has 6 heteroatoms. The lowest BCUT2D eigenvalue weighted by molar-refractivity contribution is -0.135. The number of thiophene rings is 1. The van der Waals surface area contributed by atoms with Crippen molar-refractivity contribution in [2.24, 2.45) is 10.9 Å². The van der Waals surface area contributed by atoms with Crippen LogP contribution in [0.15, 0.2) is 22.5 Å². The van der Waals surface area contributed by atoms with Crippen molar-refractivity contribution in [3.8, 4) is 0 Å². The van der Waals surface area contributed by atoms with Gasteiger partial charge in [-0.3, -0.25) is 9.79 Å². The van der Waals surface area contributed by atoms with Gasteiger partial charge in [0.15, 0.2) is 5.96 Å². The van der Waals surface area contributed by atoms with Crippen molar-refractivity contribution in [2.45, 2.75) is 70.3 Å². The third kappa shape index (κ3) is 5.07. The van der Waals surface area contributed by atoms with Gasteiger partial charge in [-0.2, -0.15) is 0 Å². The maximum atomic E-state index is 12.2. The van der Waals surface area contributed by atoms with E-state index in [9.17, 15) is 4.79 Å². The Kier molecular flexibility index (Phi) is 7.38. The average molecular weight is 405 g/mol. The van der Waals surface area contributed by atoms with Crippen molar-refractivity contribution in [2.75, 3.05) is 26.7 Å². The number of aliphatic imine (C=N–C) groups is 1. The molecule has 0 spiro atoms. The Bertz CT molecular complexity index is 642. The molecule has 2 heterocycles. The number of rotatable bonds is 5. The summed E-state index contributed by atoms with van der Waals surface area (Å²) in [7, 11) is 1.85. The van der Waals surface area contributed by atoms with E-state index in [0.717, 1.165) is 38.4 Å². The molecule has 28 heavy (non-hydrogen) atoms. The predicted molar refractivity (Wildman–Crippen MR) is 118 cm³/mol. The number of carbonyl (C=O) groups excluding carboxylic acids is 1. The van der Waals surface area contributed by atoms with Gasteiger partial charge in [-0.25, -0.2) is 0 Å². The third-order valence-electron chi connectivity index (χ3n) is 6.31. The van der Waals surface area contributed by atoms with E-state index in [-0.39, 0.29) is 17.2 Å². The summed E-state index contributed by atoms with van der Waals surface area (Å²) in [6, 6.07) is 4.86. The van der Waals surface area contributed by atoms with Crippen molar-refractivity contribution >= 4 is 23.2 Å². The molecule has 1 aromatic heterocycles. The van der Waals surface area contributed by atoms with Gasteiger partial charge in [0, 0.05) is 48.9 Å². The van der Waals surface area contributed by atoms with Crippen LogP contribution in [0.25, 0.3) is 0 Å². The van der Waals surface area contributed by atoms with E-state index in [1.54, 1.807) is 0 Å². The van der Waals surface area contributed by atoms with Gasteiger partial charge in [0.1, 0.15) is 0 Å². The zero-order valence-electron chi connectivity index (χ0n) is 17.7. The van der Waals surface area contributed by atoms with Crippen molar-refractivity contribution in [1.82, 2.24) is 15.5 Å². The Hall–Kier alpha value is -1.56. The molecule has 2 aliphatic rings. The number of amides is 1. The molecule has 156 valence electrons. The highest BCUT2D eigenvalue weighted by atomic mass is 32.1. The van der Waals surface area contributed by atoms with Crippen LogP contribution in [0.2, 0.25) is 0 Å². The van der Waals surface area contributed by atoms with Gasteiger partial charge in [-0.1, -0.05) is 39.2 Å². The van der Waals surface area contributed by atoms with Crippen LogP contribution < -0.4 is 10.6 Å². The Balaban J connectivity index is 1.53. The second kappa shape index (κ2) is 9.77. The van der Waals surface area contributed by atoms with E-state index in [0.29, 0.717) is 6.04 Å². The molecule has 1 saturated heterocycles. The number of guanidine groups is 1. The van der Waals surface area contributed by atoms with Crippen LogP contribution >= 0.6 is 11.3 Å². The van der Waals surface area contributed by atoms with Crippen LogP contribution in [0.3, 0.4) is 0 Å². The number of piperidine rings is 1. The van der Waals surface area contributed by atoms with Gasteiger partial charge in [-0.15, -0.1) is 11.3 Å². The molecule has 2 fully saturated rings. The number of nitrogens with zero attached hydrogens (tertiary/aromatic N) is 2. The number of hydrogen-bond acceptors (Lipinski definition) is 3. The molecular formula is C22H36N4OS. The van der Waals surface area contributed by atoms with E-state index < -0.39 is 0 Å². The monoisotopic (exact) mass is 404 g/mol. The highest BCUT2D eigenvalue weighted by molar-refractivity contribution is 7.10. The SMILES string of the molecule is CN=C(NCC1(c2cccs2)CCCCC1)NC1CCN(C(=O)C(C)C)CC1. The van der Waals surface area contributed by atoms with E-state index in [4.69, 9.17) is 0 Å². The van der Waals surface area contributed by atoms with Crippen molar-refractivity contribution in [3.63, 3.8) is 0 Å².